The molecule has 0 radical (unpaired) electrons. The summed E-state index contributed by atoms with van der Waals surface area (Å²) in [5.74, 6) is 1.05. The van der Waals surface area contributed by atoms with Gasteiger partial charge in [0.1, 0.15) is 0 Å². The van der Waals surface area contributed by atoms with E-state index >= 15 is 0 Å². The van der Waals surface area contributed by atoms with Crippen molar-refractivity contribution >= 4 is 17.4 Å². The topological polar surface area (TPSA) is 115 Å². The lowest BCUT2D eigenvalue weighted by atomic mass is 9.87. The lowest BCUT2D eigenvalue weighted by molar-refractivity contribution is 0.0934. The zero-order chi connectivity index (χ0) is 26.9. The van der Waals surface area contributed by atoms with Gasteiger partial charge in [-0.25, -0.2) is 9.97 Å². The van der Waals surface area contributed by atoms with Gasteiger partial charge in [-0.05, 0) is 48.7 Å². The Hall–Kier alpha value is -3.92. The maximum absolute atomic E-state index is 13.2. The number of Topliss-reactive ketones (excluding diaryl/α,β-unsaturated/α-hetero) is 1. The second-order valence-corrected chi connectivity index (χ2v) is 10.9. The van der Waals surface area contributed by atoms with Gasteiger partial charge in [0.05, 0.1) is 17.6 Å². The normalized spacial score (nSPS) is 16.2. The van der Waals surface area contributed by atoms with Crippen LogP contribution in [0.25, 0.3) is 11.3 Å². The number of nitrogens with zero attached hydrogens (tertiary/aromatic N) is 7. The molecule has 0 amide bonds. The second-order valence-electron chi connectivity index (χ2n) is 10.9. The number of hydrogen-bond acceptors (Lipinski definition) is 9. The summed E-state index contributed by atoms with van der Waals surface area (Å²) < 4.78 is 7.46. The first-order valence-corrected chi connectivity index (χ1v) is 13.0. The van der Waals surface area contributed by atoms with Crippen LogP contribution in [0.4, 0.5) is 11.6 Å². The Morgan fingerprint density at radius 1 is 1.21 bits per heavy atom. The van der Waals surface area contributed by atoms with Crippen molar-refractivity contribution in [3.05, 3.63) is 65.8 Å². The van der Waals surface area contributed by atoms with Crippen molar-refractivity contribution in [1.82, 2.24) is 34.8 Å². The number of aryl methyl sites for hydroxylation is 1. The minimum Gasteiger partial charge on any atom is -0.418 e. The van der Waals surface area contributed by atoms with E-state index in [-0.39, 0.29) is 23.0 Å². The second kappa shape index (κ2) is 10.4. The molecular weight excluding hydrogens is 480 g/mol. The Balaban J connectivity index is 1.40. The quantitative estimate of drug-likeness (QED) is 0.344. The Kier molecular flexibility index (Phi) is 7.07. The smallest absolute Gasteiger partial charge is 0.284 e. The number of nitrogens with one attached hydrogen (secondary N) is 1. The molecule has 1 N–H and O–H groups in total. The van der Waals surface area contributed by atoms with E-state index < -0.39 is 0 Å². The molecule has 5 rings (SSSR count). The number of benzene rings is 1. The fraction of sp³-hybridized carbons (Fsp3) is 0.429. The lowest BCUT2D eigenvalue weighted by Crippen LogP contribution is -2.22. The number of ketones is 1. The molecule has 198 valence electrons. The SMILES string of the molecule is CCN1CCC(CC(=O)c2nnc(C(C)(C)C)o2)c2ccc(-c3ccnc(Nc4cnn(C)c4)n3)cc2C1. The third kappa shape index (κ3) is 5.65. The van der Waals surface area contributed by atoms with Crippen molar-refractivity contribution in [3.63, 3.8) is 0 Å². The molecule has 4 heterocycles. The van der Waals surface area contributed by atoms with E-state index in [1.165, 1.54) is 11.1 Å². The van der Waals surface area contributed by atoms with E-state index in [2.05, 4.69) is 55.6 Å². The van der Waals surface area contributed by atoms with Crippen molar-refractivity contribution in [1.29, 1.82) is 0 Å². The molecule has 3 aromatic heterocycles. The largest absolute Gasteiger partial charge is 0.418 e. The molecule has 0 bridgehead atoms. The third-order valence-electron chi connectivity index (χ3n) is 6.87. The summed E-state index contributed by atoms with van der Waals surface area (Å²) in [7, 11) is 1.86. The van der Waals surface area contributed by atoms with Gasteiger partial charge < -0.3 is 9.73 Å². The molecule has 38 heavy (non-hydrogen) atoms. The van der Waals surface area contributed by atoms with Crippen LogP contribution in [0.1, 0.15) is 74.2 Å². The molecule has 0 spiro atoms. The minimum atomic E-state index is -0.299. The number of carbonyl (C=O) groups excluding carboxylic acids is 1. The number of anilines is 2. The van der Waals surface area contributed by atoms with E-state index in [4.69, 9.17) is 9.40 Å². The first-order valence-electron chi connectivity index (χ1n) is 13.0. The zero-order valence-electron chi connectivity index (χ0n) is 22.6. The summed E-state index contributed by atoms with van der Waals surface area (Å²) in [4.78, 5) is 24.7. The number of hydrogen-bond donors (Lipinski definition) is 1. The summed E-state index contributed by atoms with van der Waals surface area (Å²) in [5, 5.41) is 15.5. The lowest BCUT2D eigenvalue weighted by Gasteiger charge is -2.18. The van der Waals surface area contributed by atoms with Gasteiger partial charge in [0.15, 0.2) is 0 Å². The van der Waals surface area contributed by atoms with E-state index in [0.717, 1.165) is 43.0 Å². The van der Waals surface area contributed by atoms with E-state index in [1.807, 2.05) is 40.1 Å². The highest BCUT2D eigenvalue weighted by molar-refractivity contribution is 5.92. The number of aromatic nitrogens is 6. The third-order valence-corrected chi connectivity index (χ3v) is 6.87. The molecule has 0 saturated heterocycles. The van der Waals surface area contributed by atoms with Gasteiger partial charge >= 0.3 is 0 Å². The van der Waals surface area contributed by atoms with Gasteiger partial charge in [0.25, 0.3) is 5.89 Å². The summed E-state index contributed by atoms with van der Waals surface area (Å²) in [6.45, 7) is 10.8. The Morgan fingerprint density at radius 3 is 2.76 bits per heavy atom. The van der Waals surface area contributed by atoms with E-state index in [9.17, 15) is 4.79 Å². The maximum Gasteiger partial charge on any atom is 0.284 e. The van der Waals surface area contributed by atoms with Crippen molar-refractivity contribution in [3.8, 4) is 11.3 Å². The first kappa shape index (κ1) is 25.7. The van der Waals surface area contributed by atoms with Crippen molar-refractivity contribution < 1.29 is 9.21 Å². The summed E-state index contributed by atoms with van der Waals surface area (Å²) >= 11 is 0. The molecule has 10 heteroatoms. The van der Waals surface area contributed by atoms with Gasteiger partial charge in [-0.2, -0.15) is 5.10 Å². The molecule has 1 aliphatic heterocycles. The zero-order valence-corrected chi connectivity index (χ0v) is 22.6. The first-order chi connectivity index (χ1) is 18.2. The number of fused-ring (bicyclic) bond motifs is 1. The monoisotopic (exact) mass is 514 g/mol. The standard InChI is InChI=1S/C28H34N8O2/c1-6-36-12-10-18(14-24(37)25-33-34-26(38-25)28(2,3)4)22-8-7-19(13-20(22)16-36)23-9-11-29-27(32-23)31-21-15-30-35(5)17-21/h7-9,11,13,15,17-18H,6,10,12,14,16H2,1-5H3,(H,29,31,32). The molecule has 10 nitrogen and oxygen atoms in total. The Labute approximate surface area is 222 Å². The Morgan fingerprint density at radius 2 is 2.05 bits per heavy atom. The van der Waals surface area contributed by atoms with Crippen LogP contribution in [-0.2, 0) is 19.0 Å². The highest BCUT2D eigenvalue weighted by Crippen LogP contribution is 2.35. The van der Waals surface area contributed by atoms with Crippen LogP contribution in [0, 0.1) is 0 Å². The van der Waals surface area contributed by atoms with Crippen LogP contribution in [0.5, 0.6) is 0 Å². The van der Waals surface area contributed by atoms with Gasteiger partial charge in [-0.1, -0.05) is 39.8 Å². The van der Waals surface area contributed by atoms with Crippen LogP contribution in [0.15, 0.2) is 47.3 Å². The number of carbonyl (C=O) groups is 1. The van der Waals surface area contributed by atoms with Crippen molar-refractivity contribution in [2.75, 3.05) is 18.4 Å². The Bertz CT molecular complexity index is 1430. The fourth-order valence-corrected chi connectivity index (χ4v) is 4.74. The van der Waals surface area contributed by atoms with Crippen LogP contribution < -0.4 is 5.32 Å². The molecule has 1 aliphatic rings. The number of rotatable bonds is 7. The average Bonchev–Trinajstić information content (AvgIpc) is 3.51. The molecule has 0 aliphatic carbocycles. The van der Waals surface area contributed by atoms with E-state index in [1.54, 1.807) is 17.1 Å². The van der Waals surface area contributed by atoms with Crippen LogP contribution in [0.3, 0.4) is 0 Å². The van der Waals surface area contributed by atoms with Crippen LogP contribution in [-0.4, -0.2) is 53.7 Å². The van der Waals surface area contributed by atoms with Gasteiger partial charge in [-0.15, -0.1) is 10.2 Å². The molecule has 0 saturated carbocycles. The molecule has 0 fully saturated rings. The summed E-state index contributed by atoms with van der Waals surface area (Å²) in [5.41, 5.74) is 4.77. The molecule has 4 aromatic rings. The van der Waals surface area contributed by atoms with Gasteiger partial charge in [0.2, 0.25) is 17.6 Å². The molecule has 1 aromatic carbocycles. The van der Waals surface area contributed by atoms with Crippen LogP contribution in [0.2, 0.25) is 0 Å². The van der Waals surface area contributed by atoms with E-state index in [0.29, 0.717) is 18.3 Å². The predicted octanol–water partition coefficient (Wildman–Crippen LogP) is 4.88. The summed E-state index contributed by atoms with van der Waals surface area (Å²) in [6, 6.07) is 8.33. The molecular formula is C28H34N8O2. The molecule has 1 atom stereocenters. The van der Waals surface area contributed by atoms with Gasteiger partial charge in [-0.3, -0.25) is 14.4 Å². The summed E-state index contributed by atoms with van der Waals surface area (Å²) in [6.07, 6.45) is 6.58. The fourth-order valence-electron chi connectivity index (χ4n) is 4.74. The van der Waals surface area contributed by atoms with Crippen molar-refractivity contribution in [2.24, 2.45) is 7.05 Å². The molecule has 1 unspecified atom stereocenters. The van der Waals surface area contributed by atoms with Gasteiger partial charge in [0, 0.05) is 43.4 Å². The maximum atomic E-state index is 13.2. The predicted molar refractivity (Wildman–Crippen MR) is 144 cm³/mol. The van der Waals surface area contributed by atoms with Crippen molar-refractivity contribution in [2.45, 2.75) is 58.4 Å². The average molecular weight is 515 g/mol. The highest BCUT2D eigenvalue weighted by Gasteiger charge is 2.28. The highest BCUT2D eigenvalue weighted by atomic mass is 16.4. The minimum absolute atomic E-state index is 0.0706. The van der Waals surface area contributed by atoms with Crippen LogP contribution >= 0.6 is 0 Å².